The molecule has 1 aromatic carbocycles. The van der Waals surface area contributed by atoms with Crippen LogP contribution in [0.5, 0.6) is 0 Å². The van der Waals surface area contributed by atoms with Gasteiger partial charge in [-0.25, -0.2) is 4.98 Å². The van der Waals surface area contributed by atoms with Gasteiger partial charge < -0.3 is 9.30 Å². The Morgan fingerprint density at radius 3 is 2.67 bits per heavy atom. The summed E-state index contributed by atoms with van der Waals surface area (Å²) >= 11 is 0. The summed E-state index contributed by atoms with van der Waals surface area (Å²) in [6.45, 7) is 9.72. The summed E-state index contributed by atoms with van der Waals surface area (Å²) in [5.41, 5.74) is 4.87. The van der Waals surface area contributed by atoms with Gasteiger partial charge in [-0.1, -0.05) is 12.1 Å². The second-order valence-corrected chi connectivity index (χ2v) is 6.25. The van der Waals surface area contributed by atoms with Gasteiger partial charge >= 0.3 is 0 Å². The van der Waals surface area contributed by atoms with Crippen LogP contribution in [-0.2, 0) is 17.7 Å². The van der Waals surface area contributed by atoms with E-state index in [1.54, 1.807) is 0 Å². The minimum atomic E-state index is -0.167. The zero-order valence-electron chi connectivity index (χ0n) is 13.4. The van der Waals surface area contributed by atoms with E-state index in [-0.39, 0.29) is 11.6 Å². The maximum atomic E-state index is 5.82. The van der Waals surface area contributed by atoms with Gasteiger partial charge in [0.05, 0.1) is 29.3 Å². The van der Waals surface area contributed by atoms with E-state index < -0.39 is 0 Å². The zero-order valence-corrected chi connectivity index (χ0v) is 13.4. The molecule has 1 heterocycles. The van der Waals surface area contributed by atoms with Crippen molar-refractivity contribution < 1.29 is 4.74 Å². The number of hydrogen-bond acceptors (Lipinski definition) is 4. The highest BCUT2D eigenvalue weighted by Gasteiger charge is 2.18. The SMILES string of the molecule is CCn1c(CC(COC(C)(C)C)NN)nc2ccccc21. The Bertz CT molecular complexity index is 585. The lowest BCUT2D eigenvalue weighted by molar-refractivity contribution is -0.0146. The molecular weight excluding hydrogens is 264 g/mol. The quantitative estimate of drug-likeness (QED) is 0.632. The molecule has 0 fully saturated rings. The lowest BCUT2D eigenvalue weighted by Crippen LogP contribution is -2.42. The smallest absolute Gasteiger partial charge is 0.111 e. The van der Waals surface area contributed by atoms with E-state index in [1.807, 2.05) is 39.0 Å². The number of aromatic nitrogens is 2. The Kier molecular flexibility index (Phi) is 4.98. The van der Waals surface area contributed by atoms with Crippen LogP contribution in [0, 0.1) is 0 Å². The minimum absolute atomic E-state index is 0.0475. The molecule has 21 heavy (non-hydrogen) atoms. The van der Waals surface area contributed by atoms with Crippen molar-refractivity contribution in [2.45, 2.75) is 52.3 Å². The molecule has 0 saturated carbocycles. The first-order valence-corrected chi connectivity index (χ1v) is 7.49. The second kappa shape index (κ2) is 6.56. The van der Waals surface area contributed by atoms with Crippen molar-refractivity contribution in [2.24, 2.45) is 5.84 Å². The Morgan fingerprint density at radius 2 is 2.05 bits per heavy atom. The van der Waals surface area contributed by atoms with Crippen LogP contribution in [-0.4, -0.2) is 27.8 Å². The zero-order chi connectivity index (χ0) is 15.5. The van der Waals surface area contributed by atoms with E-state index in [4.69, 9.17) is 15.6 Å². The van der Waals surface area contributed by atoms with Gasteiger partial charge in [0.1, 0.15) is 5.82 Å². The number of nitrogens with two attached hydrogens (primary N) is 1. The van der Waals surface area contributed by atoms with E-state index in [9.17, 15) is 0 Å². The monoisotopic (exact) mass is 290 g/mol. The maximum absolute atomic E-state index is 5.82. The third kappa shape index (κ3) is 4.03. The van der Waals surface area contributed by atoms with Crippen LogP contribution < -0.4 is 11.3 Å². The molecule has 2 aromatic rings. The van der Waals surface area contributed by atoms with Crippen molar-refractivity contribution in [1.82, 2.24) is 15.0 Å². The summed E-state index contributed by atoms with van der Waals surface area (Å²) in [6.07, 6.45) is 0.745. The number of hydrogen-bond donors (Lipinski definition) is 2. The van der Waals surface area contributed by atoms with Gasteiger partial charge in [-0.05, 0) is 39.8 Å². The summed E-state index contributed by atoms with van der Waals surface area (Å²) in [5, 5.41) is 0. The normalized spacial score (nSPS) is 13.8. The van der Waals surface area contributed by atoms with E-state index in [0.29, 0.717) is 6.61 Å². The first-order chi connectivity index (χ1) is 9.94. The number of para-hydroxylation sites is 2. The highest BCUT2D eigenvalue weighted by molar-refractivity contribution is 5.75. The van der Waals surface area contributed by atoms with Crippen molar-refractivity contribution in [2.75, 3.05) is 6.61 Å². The molecule has 1 aromatic heterocycles. The van der Waals surface area contributed by atoms with Crippen molar-refractivity contribution in [3.63, 3.8) is 0 Å². The van der Waals surface area contributed by atoms with Gasteiger partial charge in [-0.3, -0.25) is 11.3 Å². The Labute approximate surface area is 126 Å². The van der Waals surface area contributed by atoms with Gasteiger partial charge in [-0.2, -0.15) is 0 Å². The van der Waals surface area contributed by atoms with E-state index in [0.717, 1.165) is 24.3 Å². The molecule has 5 heteroatoms. The number of hydrazine groups is 1. The molecule has 0 aliphatic carbocycles. The minimum Gasteiger partial charge on any atom is -0.374 e. The van der Waals surface area contributed by atoms with Gasteiger partial charge in [0.15, 0.2) is 0 Å². The highest BCUT2D eigenvalue weighted by Crippen LogP contribution is 2.17. The summed E-state index contributed by atoms with van der Waals surface area (Å²) in [6, 6.07) is 8.25. The molecule has 1 unspecified atom stereocenters. The van der Waals surface area contributed by atoms with E-state index in [2.05, 4.69) is 23.0 Å². The van der Waals surface area contributed by atoms with Crippen LogP contribution in [0.15, 0.2) is 24.3 Å². The molecule has 2 rings (SSSR count). The van der Waals surface area contributed by atoms with Crippen molar-refractivity contribution >= 4 is 11.0 Å². The Balaban J connectivity index is 2.17. The lowest BCUT2D eigenvalue weighted by atomic mass is 10.1. The number of nitrogens with one attached hydrogen (secondary N) is 1. The van der Waals surface area contributed by atoms with Gasteiger partial charge in [0.25, 0.3) is 0 Å². The first-order valence-electron chi connectivity index (χ1n) is 7.49. The van der Waals surface area contributed by atoms with Crippen LogP contribution in [0.25, 0.3) is 11.0 Å². The number of nitrogens with zero attached hydrogens (tertiary/aromatic N) is 2. The fourth-order valence-electron chi connectivity index (χ4n) is 2.37. The summed E-state index contributed by atoms with van der Waals surface area (Å²) in [5.74, 6) is 6.71. The summed E-state index contributed by atoms with van der Waals surface area (Å²) in [4.78, 5) is 4.73. The lowest BCUT2D eigenvalue weighted by Gasteiger charge is -2.24. The molecule has 0 aliphatic heterocycles. The molecule has 0 bridgehead atoms. The molecule has 5 nitrogen and oxygen atoms in total. The number of rotatable bonds is 6. The number of ether oxygens (including phenoxy) is 1. The summed E-state index contributed by atoms with van der Waals surface area (Å²) in [7, 11) is 0. The molecule has 116 valence electrons. The van der Waals surface area contributed by atoms with Gasteiger partial charge in [-0.15, -0.1) is 0 Å². The number of aryl methyl sites for hydroxylation is 1. The van der Waals surface area contributed by atoms with Crippen molar-refractivity contribution in [3.8, 4) is 0 Å². The van der Waals surface area contributed by atoms with Crippen LogP contribution >= 0.6 is 0 Å². The van der Waals surface area contributed by atoms with Crippen LogP contribution in [0.2, 0.25) is 0 Å². The molecular formula is C16H26N4O. The third-order valence-corrected chi connectivity index (χ3v) is 3.43. The van der Waals surface area contributed by atoms with Gasteiger partial charge in [0, 0.05) is 13.0 Å². The van der Waals surface area contributed by atoms with Crippen LogP contribution in [0.3, 0.4) is 0 Å². The predicted octanol–water partition coefficient (Wildman–Crippen LogP) is 2.25. The highest BCUT2D eigenvalue weighted by atomic mass is 16.5. The van der Waals surface area contributed by atoms with Crippen molar-refractivity contribution in [3.05, 3.63) is 30.1 Å². The molecule has 1 atom stereocenters. The Hall–Kier alpha value is -1.43. The Morgan fingerprint density at radius 1 is 1.33 bits per heavy atom. The molecule has 0 aliphatic rings. The molecule has 0 spiro atoms. The standard InChI is InChI=1S/C16H26N4O/c1-5-20-14-9-7-6-8-13(14)18-15(20)10-12(19-17)11-21-16(2,3)4/h6-9,12,19H,5,10-11,17H2,1-4H3. The van der Waals surface area contributed by atoms with Crippen molar-refractivity contribution in [1.29, 1.82) is 0 Å². The van der Waals surface area contributed by atoms with E-state index >= 15 is 0 Å². The van der Waals surface area contributed by atoms with Crippen LogP contribution in [0.4, 0.5) is 0 Å². The molecule has 0 amide bonds. The first kappa shape index (κ1) is 15.9. The summed E-state index contributed by atoms with van der Waals surface area (Å²) < 4.78 is 8.06. The third-order valence-electron chi connectivity index (χ3n) is 3.43. The van der Waals surface area contributed by atoms with Crippen LogP contribution in [0.1, 0.15) is 33.5 Å². The fraction of sp³-hybridized carbons (Fsp3) is 0.562. The molecule has 0 saturated heterocycles. The number of fused-ring (bicyclic) bond motifs is 1. The topological polar surface area (TPSA) is 65.1 Å². The second-order valence-electron chi connectivity index (χ2n) is 6.25. The number of benzene rings is 1. The van der Waals surface area contributed by atoms with E-state index in [1.165, 1.54) is 5.52 Å². The maximum Gasteiger partial charge on any atom is 0.111 e. The molecule has 0 radical (unpaired) electrons. The fourth-order valence-corrected chi connectivity index (χ4v) is 2.37. The largest absolute Gasteiger partial charge is 0.374 e. The predicted molar refractivity (Wildman–Crippen MR) is 85.9 cm³/mol. The number of imidazole rings is 1. The van der Waals surface area contributed by atoms with Gasteiger partial charge in [0.2, 0.25) is 0 Å². The molecule has 3 N–H and O–H groups in total. The average Bonchev–Trinajstić information content (AvgIpc) is 2.79. The average molecular weight is 290 g/mol.